The summed E-state index contributed by atoms with van der Waals surface area (Å²) in [5.74, 6) is -4.94. The Bertz CT molecular complexity index is 3450. The van der Waals surface area contributed by atoms with Crippen molar-refractivity contribution in [1.82, 2.24) is 21.3 Å². The van der Waals surface area contributed by atoms with Crippen LogP contribution in [0.15, 0.2) is 143 Å². The van der Waals surface area contributed by atoms with E-state index in [4.69, 9.17) is 51.1 Å². The van der Waals surface area contributed by atoms with E-state index < -0.39 is 41.7 Å². The summed E-state index contributed by atoms with van der Waals surface area (Å²) in [6.45, 7) is 1.19. The smallest absolute Gasteiger partial charge is 0.328 e. The number of rotatable bonds is 24. The number of carboxylic acid groups (broad SMARTS) is 1. The average Bonchev–Trinajstić information content (AvgIpc) is 3.41. The summed E-state index contributed by atoms with van der Waals surface area (Å²) in [7, 11) is 1.19. The Morgan fingerprint density at radius 1 is 0.500 bits per heavy atom. The highest BCUT2D eigenvalue weighted by molar-refractivity contribution is 7.59. The van der Waals surface area contributed by atoms with Gasteiger partial charge in [-0.25, -0.2) is 9.59 Å². The SMILES string of the molecule is C.COC(=O)[C@H](CCC(=O)CNC(=O)c1cccc(CC2=NCCCC2)c1)NC(=O)c1c(Cl)cc(-c2ccccc2)cc1Cl.O=C(CC[C@H](NC(=O)c1c(Cl)cc(-c2ccccc2)cc1Cl)C(=O)O)CNC(=O)c1cccc(CC2=NCCCC2)c1.S.S. The molecule has 466 valence electrons. The molecule has 6 aromatic carbocycles. The lowest BCUT2D eigenvalue weighted by molar-refractivity contribution is -0.143. The number of halogens is 4. The van der Waals surface area contributed by atoms with Crippen molar-refractivity contribution in [2.75, 3.05) is 33.3 Å². The maximum Gasteiger partial charge on any atom is 0.328 e. The molecule has 0 saturated carbocycles. The number of ketones is 2. The molecule has 22 heteroatoms. The number of hydrogen-bond acceptors (Lipinski definition) is 11. The van der Waals surface area contributed by atoms with Crippen molar-refractivity contribution in [3.8, 4) is 22.3 Å². The molecule has 0 radical (unpaired) electrons. The fourth-order valence-corrected chi connectivity index (χ4v) is 10.9. The quantitative estimate of drug-likeness (QED) is 0.0359. The van der Waals surface area contributed by atoms with E-state index in [2.05, 4.69) is 31.3 Å². The molecular weight excluding hydrogens is 1240 g/mol. The highest BCUT2D eigenvalue weighted by Gasteiger charge is 2.28. The molecule has 4 amide bonds. The van der Waals surface area contributed by atoms with Gasteiger partial charge in [0.2, 0.25) is 0 Å². The summed E-state index contributed by atoms with van der Waals surface area (Å²) in [4.78, 5) is 110. The molecule has 0 aromatic heterocycles. The van der Waals surface area contributed by atoms with Crippen LogP contribution in [0.4, 0.5) is 0 Å². The topological polar surface area (TPSA) is 239 Å². The van der Waals surface area contributed by atoms with Gasteiger partial charge in [0.25, 0.3) is 23.6 Å². The molecule has 8 rings (SSSR count). The van der Waals surface area contributed by atoms with Crippen molar-refractivity contribution in [3.63, 3.8) is 0 Å². The van der Waals surface area contributed by atoms with Gasteiger partial charge in [-0.05, 0) is 133 Å². The molecule has 2 aliphatic rings. The minimum absolute atomic E-state index is 0. The number of hydrogen-bond donors (Lipinski definition) is 5. The highest BCUT2D eigenvalue weighted by Crippen LogP contribution is 2.34. The van der Waals surface area contributed by atoms with Gasteiger partial charge in [-0.15, -0.1) is 0 Å². The van der Waals surface area contributed by atoms with Crippen LogP contribution in [0, 0.1) is 0 Å². The predicted molar refractivity (Wildman–Crippen MR) is 359 cm³/mol. The number of carbonyl (C=O) groups excluding carboxylic acids is 7. The first-order valence-corrected chi connectivity index (χ1v) is 29.3. The molecule has 2 aliphatic heterocycles. The van der Waals surface area contributed by atoms with E-state index in [1.807, 2.05) is 84.9 Å². The molecule has 2 heterocycles. The zero-order valence-corrected chi connectivity index (χ0v) is 52.7. The molecule has 0 spiro atoms. The number of nitrogens with zero attached hydrogens (tertiary/aromatic N) is 2. The lowest BCUT2D eigenvalue weighted by atomic mass is 10.00. The molecule has 0 bridgehead atoms. The monoisotopic (exact) mass is 1310 g/mol. The lowest BCUT2D eigenvalue weighted by Crippen LogP contribution is -2.42. The molecular formula is C66H72Cl4N6O10S2. The first-order chi connectivity index (χ1) is 41.0. The van der Waals surface area contributed by atoms with Crippen molar-refractivity contribution in [1.29, 1.82) is 0 Å². The Morgan fingerprint density at radius 2 is 0.886 bits per heavy atom. The van der Waals surface area contributed by atoms with E-state index in [0.29, 0.717) is 29.5 Å². The number of benzene rings is 6. The maximum atomic E-state index is 13.1. The molecule has 5 N–H and O–H groups in total. The number of Topliss-reactive ketones (excluding diaryl/α,β-unsaturated/α-hetero) is 2. The van der Waals surface area contributed by atoms with Crippen LogP contribution in [-0.4, -0.2) is 109 Å². The molecule has 2 atom stereocenters. The second-order valence-electron chi connectivity index (χ2n) is 20.4. The van der Waals surface area contributed by atoms with Gasteiger partial charge in [0.15, 0.2) is 11.6 Å². The minimum atomic E-state index is -1.36. The van der Waals surface area contributed by atoms with E-state index in [1.165, 1.54) is 7.11 Å². The summed E-state index contributed by atoms with van der Waals surface area (Å²) >= 11 is 25.6. The number of amides is 4. The van der Waals surface area contributed by atoms with Crippen LogP contribution in [-0.2, 0) is 36.8 Å². The van der Waals surface area contributed by atoms with E-state index >= 15 is 0 Å². The fourth-order valence-electron chi connectivity index (χ4n) is 9.55. The molecule has 0 aliphatic carbocycles. The van der Waals surface area contributed by atoms with E-state index in [0.717, 1.165) is 90.9 Å². The van der Waals surface area contributed by atoms with Crippen molar-refractivity contribution in [2.24, 2.45) is 9.98 Å². The van der Waals surface area contributed by atoms with E-state index in [9.17, 15) is 43.5 Å². The number of ether oxygens (including phenoxy) is 1. The van der Waals surface area contributed by atoms with Crippen LogP contribution in [0.5, 0.6) is 0 Å². The molecule has 0 fully saturated rings. The van der Waals surface area contributed by atoms with Crippen LogP contribution in [0.3, 0.4) is 0 Å². The van der Waals surface area contributed by atoms with Gasteiger partial charge in [0.1, 0.15) is 12.1 Å². The third-order valence-electron chi connectivity index (χ3n) is 14.1. The Hall–Kier alpha value is -7.32. The second kappa shape index (κ2) is 36.9. The number of aliphatic carboxylic acids is 1. The summed E-state index contributed by atoms with van der Waals surface area (Å²) in [6.07, 6.45) is 7.31. The average molecular weight is 1320 g/mol. The number of nitrogens with one attached hydrogen (secondary N) is 4. The van der Waals surface area contributed by atoms with Gasteiger partial charge in [0, 0.05) is 61.3 Å². The highest BCUT2D eigenvalue weighted by atomic mass is 35.5. The largest absolute Gasteiger partial charge is 0.480 e. The zero-order valence-electron chi connectivity index (χ0n) is 47.7. The standard InChI is InChI=1S/C33H33Cl2N3O5.C32H31Cl2N3O5.CH4.2H2S/c1-43-33(42)29(38-32(41)30-27(34)18-24(19-28(30)35)22-9-3-2-4-10-22)14-13-26(39)20-37-31(40)23-11-7-8-21(16-23)17-25-12-5-6-15-36-25;33-26-17-23(21-8-2-1-3-9-21)18-27(34)29(26)31(40)37-28(32(41)42)13-12-25(38)19-36-30(39)22-10-6-7-20(15-22)16-24-11-4-5-14-35-24;;;/h2-4,7-11,16,18-19,29H,5-6,12-15,17,20H2,1H3,(H,37,40)(H,38,41);1-3,6-10,15,17-18,28H,4-5,11-14,16,19H2,(H,36,39)(H,37,40)(H,41,42);1H4;2*1H2/t29-;28-;;;/m00.../s1. The van der Waals surface area contributed by atoms with Gasteiger partial charge in [-0.1, -0.05) is 139 Å². The Balaban J connectivity index is 0.000000364. The first-order valence-electron chi connectivity index (χ1n) is 27.8. The van der Waals surface area contributed by atoms with Gasteiger partial charge < -0.3 is 31.1 Å². The second-order valence-corrected chi connectivity index (χ2v) is 22.0. The van der Waals surface area contributed by atoms with Crippen molar-refractivity contribution >= 4 is 132 Å². The van der Waals surface area contributed by atoms with Crippen molar-refractivity contribution in [3.05, 3.63) is 187 Å². The van der Waals surface area contributed by atoms with Crippen LogP contribution < -0.4 is 21.3 Å². The van der Waals surface area contributed by atoms with Crippen molar-refractivity contribution < 1.29 is 48.2 Å². The molecule has 0 unspecified atom stereocenters. The zero-order chi connectivity index (χ0) is 60.8. The van der Waals surface area contributed by atoms with Crippen LogP contribution >= 0.6 is 73.4 Å². The number of carboxylic acids is 1. The Morgan fingerprint density at radius 3 is 1.25 bits per heavy atom. The van der Waals surface area contributed by atoms with Gasteiger partial charge in [-0.3, -0.25) is 38.8 Å². The normalized spacial score (nSPS) is 13.0. The summed E-state index contributed by atoms with van der Waals surface area (Å²) in [5.41, 5.74) is 8.23. The van der Waals surface area contributed by atoms with Gasteiger partial charge in [-0.2, -0.15) is 27.0 Å². The van der Waals surface area contributed by atoms with Crippen molar-refractivity contribution in [2.45, 2.75) is 96.6 Å². The van der Waals surface area contributed by atoms with E-state index in [1.54, 1.807) is 48.5 Å². The molecule has 88 heavy (non-hydrogen) atoms. The third kappa shape index (κ3) is 22.1. The van der Waals surface area contributed by atoms with Crippen LogP contribution in [0.2, 0.25) is 20.1 Å². The summed E-state index contributed by atoms with van der Waals surface area (Å²) in [5, 5.41) is 20.2. The Labute approximate surface area is 546 Å². The lowest BCUT2D eigenvalue weighted by Gasteiger charge is -2.18. The number of esters is 1. The summed E-state index contributed by atoms with van der Waals surface area (Å²) < 4.78 is 4.83. The third-order valence-corrected chi connectivity index (χ3v) is 15.3. The van der Waals surface area contributed by atoms with Crippen LogP contribution in [0.25, 0.3) is 22.3 Å². The fraction of sp³-hybridized carbons (Fsp3) is 0.303. The minimum Gasteiger partial charge on any atom is -0.480 e. The predicted octanol–water partition coefficient (Wildman–Crippen LogP) is 12.5. The number of methoxy groups -OCH3 is 1. The molecule has 0 saturated heterocycles. The molecule has 6 aromatic rings. The maximum absolute atomic E-state index is 13.1. The number of aliphatic imine (C=N–C) groups is 2. The van der Waals surface area contributed by atoms with Crippen LogP contribution in [0.1, 0.15) is 124 Å². The first kappa shape index (κ1) is 73.2. The van der Waals surface area contributed by atoms with Gasteiger partial charge >= 0.3 is 11.9 Å². The molecule has 16 nitrogen and oxygen atoms in total. The van der Waals surface area contributed by atoms with E-state index in [-0.39, 0.29) is 122 Å². The number of carbonyl (C=O) groups is 8. The Kier molecular flexibility index (Phi) is 30.6. The summed E-state index contributed by atoms with van der Waals surface area (Å²) in [6, 6.07) is 37.1. The van der Waals surface area contributed by atoms with Gasteiger partial charge in [0.05, 0.1) is 51.4 Å².